The van der Waals surface area contributed by atoms with E-state index < -0.39 is 0 Å². The van der Waals surface area contributed by atoms with Crippen LogP contribution in [0.1, 0.15) is 17.7 Å². The van der Waals surface area contributed by atoms with Crippen molar-refractivity contribution in [1.82, 2.24) is 9.78 Å². The number of aliphatic imine (C=N–C) groups is 1. The van der Waals surface area contributed by atoms with Gasteiger partial charge in [-0.2, -0.15) is 5.10 Å². The summed E-state index contributed by atoms with van der Waals surface area (Å²) < 4.78 is 1.66. The van der Waals surface area contributed by atoms with Gasteiger partial charge in [0.1, 0.15) is 0 Å². The Morgan fingerprint density at radius 2 is 1.96 bits per heavy atom. The molecule has 5 nitrogen and oxygen atoms in total. The molecule has 0 amide bonds. The molecule has 0 aliphatic heterocycles. The van der Waals surface area contributed by atoms with Gasteiger partial charge in [0, 0.05) is 24.9 Å². The third-order valence-electron chi connectivity index (χ3n) is 3.66. The van der Waals surface area contributed by atoms with E-state index in [0.29, 0.717) is 5.71 Å². The van der Waals surface area contributed by atoms with E-state index >= 15 is 0 Å². The lowest BCUT2D eigenvalue weighted by atomic mass is 10.2. The molecular formula is C20H18N4O. The van der Waals surface area contributed by atoms with E-state index in [2.05, 4.69) is 10.1 Å². The van der Waals surface area contributed by atoms with Gasteiger partial charge in [-0.1, -0.05) is 30.3 Å². The van der Waals surface area contributed by atoms with Crippen LogP contribution >= 0.6 is 0 Å². The third-order valence-corrected chi connectivity index (χ3v) is 3.66. The fourth-order valence-electron chi connectivity index (χ4n) is 2.47. The van der Waals surface area contributed by atoms with Gasteiger partial charge < -0.3 is 5.41 Å². The van der Waals surface area contributed by atoms with Gasteiger partial charge in [-0.15, -0.1) is 0 Å². The minimum absolute atomic E-state index is 0.208. The van der Waals surface area contributed by atoms with Gasteiger partial charge in [-0.25, -0.2) is 4.68 Å². The van der Waals surface area contributed by atoms with Crippen molar-refractivity contribution in [2.75, 3.05) is 0 Å². The maximum Gasteiger partial charge on any atom is 0.209 e. The summed E-state index contributed by atoms with van der Waals surface area (Å²) >= 11 is 0. The van der Waals surface area contributed by atoms with Gasteiger partial charge in [0.2, 0.25) is 5.43 Å². The summed E-state index contributed by atoms with van der Waals surface area (Å²) in [6.07, 6.45) is 3.12. The molecule has 2 aromatic carbocycles. The molecule has 0 unspecified atom stereocenters. The molecule has 0 saturated heterocycles. The number of benzene rings is 2. The first-order chi connectivity index (χ1) is 12.2. The predicted octanol–water partition coefficient (Wildman–Crippen LogP) is 3.70. The highest BCUT2D eigenvalue weighted by Gasteiger charge is 2.11. The van der Waals surface area contributed by atoms with Crippen molar-refractivity contribution in [3.05, 3.63) is 88.3 Å². The van der Waals surface area contributed by atoms with Crippen molar-refractivity contribution in [3.8, 4) is 5.69 Å². The lowest BCUT2D eigenvalue weighted by Gasteiger charge is -2.09. The first kappa shape index (κ1) is 16.5. The van der Waals surface area contributed by atoms with E-state index in [9.17, 15) is 4.79 Å². The molecule has 5 heteroatoms. The van der Waals surface area contributed by atoms with Gasteiger partial charge >= 0.3 is 0 Å². The second-order valence-electron chi connectivity index (χ2n) is 5.61. The van der Waals surface area contributed by atoms with Crippen LogP contribution in [-0.4, -0.2) is 21.7 Å². The average molecular weight is 330 g/mol. The molecule has 25 heavy (non-hydrogen) atoms. The Hall–Kier alpha value is -3.34. The molecular weight excluding hydrogens is 312 g/mol. The zero-order chi connectivity index (χ0) is 17.6. The summed E-state index contributed by atoms with van der Waals surface area (Å²) in [7, 11) is 0. The van der Waals surface area contributed by atoms with Crippen molar-refractivity contribution in [2.24, 2.45) is 4.99 Å². The quantitative estimate of drug-likeness (QED) is 0.725. The first-order valence-electron chi connectivity index (χ1n) is 7.96. The van der Waals surface area contributed by atoms with Crippen LogP contribution in [0.25, 0.3) is 5.69 Å². The largest absolute Gasteiger partial charge is 0.313 e. The SMILES string of the molecule is Cc1cccc(-n2ccc(=O)c(C(CC=N)=Nc3ccccc3)n2)c1. The van der Waals surface area contributed by atoms with Crippen LogP contribution < -0.4 is 5.43 Å². The highest BCUT2D eigenvalue weighted by molar-refractivity contribution is 6.06. The highest BCUT2D eigenvalue weighted by Crippen LogP contribution is 2.13. The molecule has 0 bridgehead atoms. The summed E-state index contributed by atoms with van der Waals surface area (Å²) in [5, 5.41) is 11.9. The van der Waals surface area contributed by atoms with Crippen molar-refractivity contribution >= 4 is 17.6 Å². The van der Waals surface area contributed by atoms with Crippen molar-refractivity contribution < 1.29 is 0 Å². The van der Waals surface area contributed by atoms with Crippen molar-refractivity contribution in [3.63, 3.8) is 0 Å². The van der Waals surface area contributed by atoms with Crippen molar-refractivity contribution in [2.45, 2.75) is 13.3 Å². The van der Waals surface area contributed by atoms with Crippen LogP contribution in [-0.2, 0) is 0 Å². The molecule has 1 heterocycles. The van der Waals surface area contributed by atoms with Crippen LogP contribution in [0.3, 0.4) is 0 Å². The molecule has 0 radical (unpaired) electrons. The Balaban J connectivity index is 2.10. The summed E-state index contributed by atoms with van der Waals surface area (Å²) in [4.78, 5) is 16.9. The fourth-order valence-corrected chi connectivity index (χ4v) is 2.47. The number of aromatic nitrogens is 2. The number of hydrogen-bond acceptors (Lipinski definition) is 4. The van der Waals surface area contributed by atoms with E-state index in [1.165, 1.54) is 12.3 Å². The van der Waals surface area contributed by atoms with Crippen LogP contribution in [0.15, 0.2) is 76.6 Å². The van der Waals surface area contributed by atoms with E-state index in [1.54, 1.807) is 10.9 Å². The summed E-state index contributed by atoms with van der Waals surface area (Å²) in [6, 6.07) is 18.7. The lowest BCUT2D eigenvalue weighted by molar-refractivity contribution is 0.826. The number of aryl methyl sites for hydroxylation is 1. The van der Waals surface area contributed by atoms with Crippen LogP contribution in [0.2, 0.25) is 0 Å². The molecule has 1 N–H and O–H groups in total. The minimum Gasteiger partial charge on any atom is -0.313 e. The Kier molecular flexibility index (Phi) is 4.95. The van der Waals surface area contributed by atoms with E-state index in [4.69, 9.17) is 5.41 Å². The molecule has 3 rings (SSSR count). The fraction of sp³-hybridized carbons (Fsp3) is 0.100. The maximum atomic E-state index is 12.3. The molecule has 0 fully saturated rings. The number of nitrogens with zero attached hydrogens (tertiary/aromatic N) is 3. The molecule has 0 aliphatic rings. The minimum atomic E-state index is -0.208. The Labute approximate surface area is 145 Å². The van der Waals surface area contributed by atoms with E-state index in [-0.39, 0.29) is 17.5 Å². The molecule has 124 valence electrons. The smallest absolute Gasteiger partial charge is 0.209 e. The Morgan fingerprint density at radius 3 is 2.68 bits per heavy atom. The predicted molar refractivity (Wildman–Crippen MR) is 101 cm³/mol. The van der Waals surface area contributed by atoms with Gasteiger partial charge in [0.15, 0.2) is 5.69 Å². The number of hydrogen-bond donors (Lipinski definition) is 1. The number of rotatable bonds is 5. The number of para-hydroxylation sites is 1. The number of nitrogens with one attached hydrogen (secondary N) is 1. The first-order valence-corrected chi connectivity index (χ1v) is 7.96. The van der Waals surface area contributed by atoms with E-state index in [0.717, 1.165) is 16.9 Å². The van der Waals surface area contributed by atoms with Crippen LogP contribution in [0.4, 0.5) is 5.69 Å². The summed E-state index contributed by atoms with van der Waals surface area (Å²) in [5.74, 6) is 0. The molecule has 3 aromatic rings. The molecule has 0 saturated carbocycles. The summed E-state index contributed by atoms with van der Waals surface area (Å²) in [6.45, 7) is 2.00. The van der Waals surface area contributed by atoms with Crippen LogP contribution in [0.5, 0.6) is 0 Å². The zero-order valence-corrected chi connectivity index (χ0v) is 13.9. The summed E-state index contributed by atoms with van der Waals surface area (Å²) in [5.41, 5.74) is 3.24. The zero-order valence-electron chi connectivity index (χ0n) is 13.9. The van der Waals surface area contributed by atoms with Crippen LogP contribution in [0, 0.1) is 12.3 Å². The average Bonchev–Trinajstić information content (AvgIpc) is 2.63. The van der Waals surface area contributed by atoms with Gasteiger partial charge in [-0.3, -0.25) is 9.79 Å². The topological polar surface area (TPSA) is 71.1 Å². The maximum absolute atomic E-state index is 12.3. The highest BCUT2D eigenvalue weighted by atomic mass is 16.1. The second kappa shape index (κ2) is 7.49. The Morgan fingerprint density at radius 1 is 1.16 bits per heavy atom. The van der Waals surface area contributed by atoms with E-state index in [1.807, 2.05) is 61.5 Å². The second-order valence-corrected chi connectivity index (χ2v) is 5.61. The van der Waals surface area contributed by atoms with Gasteiger partial charge in [0.25, 0.3) is 0 Å². The van der Waals surface area contributed by atoms with Crippen molar-refractivity contribution in [1.29, 1.82) is 5.41 Å². The molecule has 0 aliphatic carbocycles. The molecule has 0 atom stereocenters. The molecule has 0 spiro atoms. The molecule has 1 aromatic heterocycles. The lowest BCUT2D eigenvalue weighted by Crippen LogP contribution is -2.21. The standard InChI is InChI=1S/C20H18N4O/c1-15-6-5-9-17(14-15)24-13-11-19(25)20(23-24)18(10-12-21)22-16-7-3-2-4-8-16/h2-9,11-14,21H,10H2,1H3. The van der Waals surface area contributed by atoms with Gasteiger partial charge in [-0.05, 0) is 36.8 Å². The monoisotopic (exact) mass is 330 g/mol. The normalized spacial score (nSPS) is 11.3. The van der Waals surface area contributed by atoms with Gasteiger partial charge in [0.05, 0.1) is 17.1 Å². The third kappa shape index (κ3) is 3.95. The Bertz CT molecular complexity index is 974.